The Hall–Kier alpha value is -1.92. The van der Waals surface area contributed by atoms with Crippen LogP contribution in [0.3, 0.4) is 0 Å². The second-order valence-corrected chi connectivity index (χ2v) is 7.79. The summed E-state index contributed by atoms with van der Waals surface area (Å²) in [5.41, 5.74) is 4.02. The molecule has 0 saturated heterocycles. The molecule has 26 heavy (non-hydrogen) atoms. The van der Waals surface area contributed by atoms with E-state index in [0.717, 1.165) is 28.3 Å². The first kappa shape index (κ1) is 20.4. The van der Waals surface area contributed by atoms with Gasteiger partial charge in [0.1, 0.15) is 5.00 Å². The van der Waals surface area contributed by atoms with Crippen molar-refractivity contribution in [1.82, 2.24) is 5.32 Å². The average Bonchev–Trinajstić information content (AvgIpc) is 2.94. The van der Waals surface area contributed by atoms with E-state index in [1.807, 2.05) is 13.8 Å². The number of thiophene rings is 1. The highest BCUT2D eigenvalue weighted by molar-refractivity contribution is 7.80. The maximum absolute atomic E-state index is 12.2. The van der Waals surface area contributed by atoms with Crippen molar-refractivity contribution in [3.05, 3.63) is 51.4 Å². The molecule has 140 valence electrons. The molecule has 0 spiro atoms. The summed E-state index contributed by atoms with van der Waals surface area (Å²) in [6.45, 7) is 8.23. The smallest absolute Gasteiger partial charge is 0.341 e. The Balaban J connectivity index is 2.19. The molecule has 0 aliphatic carbocycles. The third kappa shape index (κ3) is 4.62. The molecule has 0 amide bonds. The maximum atomic E-state index is 12.2. The summed E-state index contributed by atoms with van der Waals surface area (Å²) in [5.74, 6) is -0.331. The van der Waals surface area contributed by atoms with E-state index in [2.05, 4.69) is 48.7 Å². The monoisotopic (exact) mass is 390 g/mol. The lowest BCUT2D eigenvalue weighted by Crippen LogP contribution is -2.32. The van der Waals surface area contributed by atoms with Crippen molar-refractivity contribution in [2.24, 2.45) is 0 Å². The number of esters is 1. The zero-order valence-corrected chi connectivity index (χ0v) is 17.6. The van der Waals surface area contributed by atoms with Crippen LogP contribution in [0.2, 0.25) is 0 Å². The fourth-order valence-corrected chi connectivity index (χ4v) is 4.37. The molecule has 1 aromatic heterocycles. The molecule has 1 heterocycles. The van der Waals surface area contributed by atoms with E-state index in [0.29, 0.717) is 10.7 Å². The second-order valence-electron chi connectivity index (χ2n) is 6.16. The molecule has 4 nitrogen and oxygen atoms in total. The minimum Gasteiger partial charge on any atom is -0.465 e. The van der Waals surface area contributed by atoms with Crippen LogP contribution in [0.15, 0.2) is 24.3 Å². The molecule has 2 aromatic rings. The molecule has 2 rings (SSSR count). The Labute approximate surface area is 165 Å². The number of hydrogen-bond donors (Lipinski definition) is 2. The minimum absolute atomic E-state index is 0.115. The van der Waals surface area contributed by atoms with Gasteiger partial charge in [-0.1, -0.05) is 43.7 Å². The predicted octanol–water partition coefficient (Wildman–Crippen LogP) is 5.15. The third-order valence-corrected chi connectivity index (χ3v) is 5.66. The van der Waals surface area contributed by atoms with Gasteiger partial charge in [0.15, 0.2) is 5.11 Å². The van der Waals surface area contributed by atoms with Crippen LogP contribution in [-0.2, 0) is 11.2 Å². The van der Waals surface area contributed by atoms with Gasteiger partial charge in [-0.25, -0.2) is 4.79 Å². The molecule has 1 atom stereocenters. The van der Waals surface area contributed by atoms with Gasteiger partial charge in [-0.15, -0.1) is 11.3 Å². The molecule has 0 aliphatic heterocycles. The molecule has 1 unspecified atom stereocenters. The van der Waals surface area contributed by atoms with Crippen LogP contribution in [0, 0.1) is 13.8 Å². The van der Waals surface area contributed by atoms with E-state index in [1.165, 1.54) is 29.6 Å². The molecular weight excluding hydrogens is 364 g/mol. The molecule has 0 saturated carbocycles. The maximum Gasteiger partial charge on any atom is 0.341 e. The number of aryl methyl sites for hydroxylation is 2. The van der Waals surface area contributed by atoms with E-state index in [1.54, 1.807) is 0 Å². The van der Waals surface area contributed by atoms with Crippen LogP contribution in [-0.4, -0.2) is 18.2 Å². The standard InChI is InChI=1S/C20H26N2O2S2/c1-6-15-13(4)26-18(17(15)19(23)24-5)22-20(25)21-16(7-2)14-10-8-12(3)9-11-14/h8-11,16H,6-7H2,1-5H3,(H2,21,22,25). The van der Waals surface area contributed by atoms with Crippen molar-refractivity contribution in [2.75, 3.05) is 12.4 Å². The summed E-state index contributed by atoms with van der Waals surface area (Å²) in [5, 5.41) is 7.81. The van der Waals surface area contributed by atoms with Crippen molar-refractivity contribution in [3.8, 4) is 0 Å². The normalized spacial score (nSPS) is 11.7. The number of anilines is 1. The zero-order valence-electron chi connectivity index (χ0n) is 15.9. The summed E-state index contributed by atoms with van der Waals surface area (Å²) in [6, 6.07) is 8.54. The lowest BCUT2D eigenvalue weighted by atomic mass is 10.0. The largest absolute Gasteiger partial charge is 0.465 e. The van der Waals surface area contributed by atoms with Crippen LogP contribution >= 0.6 is 23.6 Å². The fraction of sp³-hybridized carbons (Fsp3) is 0.400. The van der Waals surface area contributed by atoms with Crippen molar-refractivity contribution in [3.63, 3.8) is 0 Å². The van der Waals surface area contributed by atoms with Crippen LogP contribution in [0.4, 0.5) is 5.00 Å². The van der Waals surface area contributed by atoms with Gasteiger partial charge in [0, 0.05) is 4.88 Å². The van der Waals surface area contributed by atoms with E-state index in [-0.39, 0.29) is 12.0 Å². The molecule has 0 bridgehead atoms. The highest BCUT2D eigenvalue weighted by Crippen LogP contribution is 2.34. The van der Waals surface area contributed by atoms with Crippen molar-refractivity contribution >= 4 is 39.6 Å². The van der Waals surface area contributed by atoms with Gasteiger partial charge in [0.25, 0.3) is 0 Å². The Morgan fingerprint density at radius 1 is 1.23 bits per heavy atom. The highest BCUT2D eigenvalue weighted by atomic mass is 32.1. The Morgan fingerprint density at radius 3 is 2.42 bits per heavy atom. The lowest BCUT2D eigenvalue weighted by Gasteiger charge is -2.20. The number of thiocarbonyl (C=S) groups is 1. The quantitative estimate of drug-likeness (QED) is 0.527. The molecule has 6 heteroatoms. The summed E-state index contributed by atoms with van der Waals surface area (Å²) >= 11 is 7.04. The Morgan fingerprint density at radius 2 is 1.88 bits per heavy atom. The van der Waals surface area contributed by atoms with Crippen LogP contribution in [0.1, 0.15) is 58.2 Å². The van der Waals surface area contributed by atoms with E-state index in [4.69, 9.17) is 17.0 Å². The first-order valence-electron chi connectivity index (χ1n) is 8.75. The minimum atomic E-state index is -0.331. The van der Waals surface area contributed by atoms with Gasteiger partial charge < -0.3 is 15.4 Å². The van der Waals surface area contributed by atoms with Gasteiger partial charge in [0.2, 0.25) is 0 Å². The van der Waals surface area contributed by atoms with Gasteiger partial charge in [-0.2, -0.15) is 0 Å². The van der Waals surface area contributed by atoms with Crippen molar-refractivity contribution < 1.29 is 9.53 Å². The number of ether oxygens (including phenoxy) is 1. The topological polar surface area (TPSA) is 50.4 Å². The molecule has 2 N–H and O–H groups in total. The van der Waals surface area contributed by atoms with Crippen LogP contribution < -0.4 is 10.6 Å². The second kappa shape index (κ2) is 9.14. The molecule has 0 fully saturated rings. The van der Waals surface area contributed by atoms with Crippen LogP contribution in [0.5, 0.6) is 0 Å². The van der Waals surface area contributed by atoms with Gasteiger partial charge in [-0.3, -0.25) is 0 Å². The van der Waals surface area contributed by atoms with Gasteiger partial charge in [-0.05, 0) is 50.0 Å². The zero-order chi connectivity index (χ0) is 19.3. The van der Waals surface area contributed by atoms with Crippen molar-refractivity contribution in [2.45, 2.75) is 46.6 Å². The number of carbonyl (C=O) groups excluding carboxylic acids is 1. The predicted molar refractivity (Wildman–Crippen MR) is 113 cm³/mol. The van der Waals surface area contributed by atoms with E-state index >= 15 is 0 Å². The Kier molecular flexibility index (Phi) is 7.17. The number of rotatable bonds is 6. The fourth-order valence-electron chi connectivity index (χ4n) is 2.93. The van der Waals surface area contributed by atoms with E-state index < -0.39 is 0 Å². The van der Waals surface area contributed by atoms with Crippen LogP contribution in [0.25, 0.3) is 0 Å². The summed E-state index contributed by atoms with van der Waals surface area (Å²) in [6.07, 6.45) is 1.67. The molecule has 0 aliphatic rings. The summed E-state index contributed by atoms with van der Waals surface area (Å²) in [4.78, 5) is 13.3. The Bertz CT molecular complexity index is 782. The summed E-state index contributed by atoms with van der Waals surface area (Å²) < 4.78 is 4.96. The number of methoxy groups -OCH3 is 1. The summed E-state index contributed by atoms with van der Waals surface area (Å²) in [7, 11) is 1.40. The number of benzene rings is 1. The van der Waals surface area contributed by atoms with Crippen molar-refractivity contribution in [1.29, 1.82) is 0 Å². The van der Waals surface area contributed by atoms with Gasteiger partial charge >= 0.3 is 5.97 Å². The first-order chi connectivity index (χ1) is 12.4. The number of carbonyl (C=O) groups is 1. The number of nitrogens with one attached hydrogen (secondary N) is 2. The molecule has 0 radical (unpaired) electrons. The molecular formula is C20H26N2O2S2. The van der Waals surface area contributed by atoms with Gasteiger partial charge in [0.05, 0.1) is 18.7 Å². The first-order valence-corrected chi connectivity index (χ1v) is 9.98. The SMILES string of the molecule is CCc1c(C)sc(NC(=S)NC(CC)c2ccc(C)cc2)c1C(=O)OC. The third-order valence-electron chi connectivity index (χ3n) is 4.37. The lowest BCUT2D eigenvalue weighted by molar-refractivity contribution is 0.0601. The average molecular weight is 391 g/mol. The van der Waals surface area contributed by atoms with E-state index in [9.17, 15) is 4.79 Å². The molecule has 1 aromatic carbocycles. The number of hydrogen-bond acceptors (Lipinski definition) is 4. The highest BCUT2D eigenvalue weighted by Gasteiger charge is 2.22.